The van der Waals surface area contributed by atoms with E-state index in [1.165, 1.54) is 35.4 Å². The Morgan fingerprint density at radius 3 is 2.82 bits per heavy atom. The lowest BCUT2D eigenvalue weighted by atomic mass is 9.98. The Balaban J connectivity index is 1.52. The lowest BCUT2D eigenvalue weighted by Crippen LogP contribution is -2.42. The molecule has 1 atom stereocenters. The van der Waals surface area contributed by atoms with Crippen molar-refractivity contribution in [1.29, 1.82) is 0 Å². The molecule has 0 bridgehead atoms. The highest BCUT2D eigenvalue weighted by molar-refractivity contribution is 7.22. The standard InChI is InChI=1S/C22H24N6O5S/c1-23-19(30)13-6-5-9-27(10-13)22-26-18-17(34-22)20(31)28(12-24-18)11-16(29)25-15-8-4-3-7-14(15)21(32)33-2/h3-4,7-8,12-13H,5-6,9-11H2,1-2H3,(H,23,30)(H,25,29). The molecule has 11 nitrogen and oxygen atoms in total. The van der Waals surface area contributed by atoms with Crippen LogP contribution in [0.1, 0.15) is 23.2 Å². The van der Waals surface area contributed by atoms with Crippen molar-refractivity contribution in [2.75, 3.05) is 37.5 Å². The van der Waals surface area contributed by atoms with E-state index in [1.807, 2.05) is 4.90 Å². The monoisotopic (exact) mass is 484 g/mol. The Labute approximate surface area is 198 Å². The fourth-order valence-electron chi connectivity index (χ4n) is 3.88. The highest BCUT2D eigenvalue weighted by Crippen LogP contribution is 2.29. The molecular weight excluding hydrogens is 460 g/mol. The first-order chi connectivity index (χ1) is 16.4. The van der Waals surface area contributed by atoms with Gasteiger partial charge in [-0.2, -0.15) is 4.98 Å². The second-order valence-electron chi connectivity index (χ2n) is 7.81. The van der Waals surface area contributed by atoms with E-state index in [9.17, 15) is 19.2 Å². The van der Waals surface area contributed by atoms with Gasteiger partial charge in [-0.05, 0) is 25.0 Å². The predicted octanol–water partition coefficient (Wildman–Crippen LogP) is 1.24. The number of methoxy groups -OCH3 is 1. The molecule has 1 fully saturated rings. The third kappa shape index (κ3) is 4.76. The highest BCUT2D eigenvalue weighted by Gasteiger charge is 2.27. The van der Waals surface area contributed by atoms with Crippen molar-refractivity contribution in [3.63, 3.8) is 0 Å². The van der Waals surface area contributed by atoms with Crippen molar-refractivity contribution in [3.05, 3.63) is 46.5 Å². The number of ether oxygens (including phenoxy) is 1. The Kier molecular flexibility index (Phi) is 6.87. The molecule has 1 unspecified atom stereocenters. The Morgan fingerprint density at radius 2 is 2.06 bits per heavy atom. The highest BCUT2D eigenvalue weighted by atomic mass is 32.1. The van der Waals surface area contributed by atoms with Gasteiger partial charge in [0.1, 0.15) is 17.6 Å². The van der Waals surface area contributed by atoms with Gasteiger partial charge in [0, 0.05) is 20.1 Å². The number of rotatable bonds is 6. The first-order valence-electron chi connectivity index (χ1n) is 10.7. The van der Waals surface area contributed by atoms with Crippen molar-refractivity contribution < 1.29 is 19.1 Å². The first kappa shape index (κ1) is 23.4. The summed E-state index contributed by atoms with van der Waals surface area (Å²) in [7, 11) is 2.88. The maximum Gasteiger partial charge on any atom is 0.339 e. The van der Waals surface area contributed by atoms with E-state index in [2.05, 4.69) is 20.6 Å². The van der Waals surface area contributed by atoms with E-state index >= 15 is 0 Å². The SMILES string of the molecule is CNC(=O)C1CCCN(c2nc3ncn(CC(=O)Nc4ccccc4C(=O)OC)c(=O)c3s2)C1. The van der Waals surface area contributed by atoms with Crippen LogP contribution in [-0.2, 0) is 20.9 Å². The summed E-state index contributed by atoms with van der Waals surface area (Å²) in [4.78, 5) is 60.3. The van der Waals surface area contributed by atoms with Gasteiger partial charge in [-0.25, -0.2) is 9.78 Å². The maximum absolute atomic E-state index is 13.0. The van der Waals surface area contributed by atoms with Crippen molar-refractivity contribution in [2.45, 2.75) is 19.4 Å². The van der Waals surface area contributed by atoms with Crippen molar-refractivity contribution in [1.82, 2.24) is 19.9 Å². The van der Waals surface area contributed by atoms with Gasteiger partial charge in [-0.1, -0.05) is 23.5 Å². The van der Waals surface area contributed by atoms with Gasteiger partial charge in [-0.15, -0.1) is 0 Å². The van der Waals surface area contributed by atoms with Gasteiger partial charge < -0.3 is 20.3 Å². The largest absolute Gasteiger partial charge is 0.465 e. The molecule has 0 radical (unpaired) electrons. The van der Waals surface area contributed by atoms with Crippen LogP contribution in [0.4, 0.5) is 10.8 Å². The normalized spacial score (nSPS) is 15.7. The van der Waals surface area contributed by atoms with E-state index in [4.69, 9.17) is 4.74 Å². The van der Waals surface area contributed by atoms with E-state index in [0.29, 0.717) is 22.0 Å². The van der Waals surface area contributed by atoms with Gasteiger partial charge in [0.2, 0.25) is 11.8 Å². The van der Waals surface area contributed by atoms with Crippen molar-refractivity contribution >= 4 is 50.3 Å². The number of fused-ring (bicyclic) bond motifs is 1. The average molecular weight is 485 g/mol. The fourth-order valence-corrected chi connectivity index (χ4v) is 4.88. The second-order valence-corrected chi connectivity index (χ2v) is 8.79. The molecule has 12 heteroatoms. The molecule has 1 aliphatic rings. The van der Waals surface area contributed by atoms with Crippen molar-refractivity contribution in [3.8, 4) is 0 Å². The Morgan fingerprint density at radius 1 is 1.26 bits per heavy atom. The molecule has 2 N–H and O–H groups in total. The number of benzene rings is 1. The summed E-state index contributed by atoms with van der Waals surface area (Å²) in [6, 6.07) is 6.45. The van der Waals surface area contributed by atoms with E-state index in [0.717, 1.165) is 19.4 Å². The number of esters is 1. The van der Waals surface area contributed by atoms with E-state index < -0.39 is 11.9 Å². The number of hydrogen-bond acceptors (Lipinski definition) is 9. The smallest absolute Gasteiger partial charge is 0.339 e. The molecule has 0 spiro atoms. The van der Waals surface area contributed by atoms with Gasteiger partial charge in [-0.3, -0.25) is 19.0 Å². The lowest BCUT2D eigenvalue weighted by molar-refractivity contribution is -0.124. The summed E-state index contributed by atoms with van der Waals surface area (Å²) in [6.45, 7) is 0.978. The van der Waals surface area contributed by atoms with Crippen LogP contribution in [0.3, 0.4) is 0 Å². The number of carbonyl (C=O) groups is 3. The van der Waals surface area contributed by atoms with E-state index in [-0.39, 0.29) is 35.2 Å². The molecule has 0 aliphatic carbocycles. The molecular formula is C22H24N6O5S. The van der Waals surface area contributed by atoms with Crippen LogP contribution >= 0.6 is 11.3 Å². The van der Waals surface area contributed by atoms with Crippen LogP contribution in [0, 0.1) is 5.92 Å². The molecule has 1 aromatic carbocycles. The van der Waals surface area contributed by atoms with Gasteiger partial charge in [0.05, 0.1) is 24.3 Å². The van der Waals surface area contributed by atoms with Crippen LogP contribution in [0.5, 0.6) is 0 Å². The van der Waals surface area contributed by atoms with Crippen LogP contribution in [0.25, 0.3) is 10.3 Å². The molecule has 4 rings (SSSR count). The second kappa shape index (κ2) is 10.00. The fraction of sp³-hybridized carbons (Fsp3) is 0.364. The van der Waals surface area contributed by atoms with Gasteiger partial charge in [0.25, 0.3) is 5.56 Å². The molecule has 2 aromatic heterocycles. The van der Waals surface area contributed by atoms with Gasteiger partial charge >= 0.3 is 5.97 Å². The molecule has 3 aromatic rings. The number of nitrogens with one attached hydrogen (secondary N) is 2. The third-order valence-electron chi connectivity index (χ3n) is 5.60. The number of para-hydroxylation sites is 1. The van der Waals surface area contributed by atoms with Crippen LogP contribution in [-0.4, -0.2) is 59.6 Å². The Hall–Kier alpha value is -3.80. The minimum Gasteiger partial charge on any atom is -0.465 e. The summed E-state index contributed by atoms with van der Waals surface area (Å²) in [5, 5.41) is 5.96. The molecule has 178 valence electrons. The number of carbonyl (C=O) groups excluding carboxylic acids is 3. The number of thiazole rings is 1. The topological polar surface area (TPSA) is 136 Å². The Bertz CT molecular complexity index is 1300. The van der Waals surface area contributed by atoms with Crippen LogP contribution in [0.15, 0.2) is 35.4 Å². The summed E-state index contributed by atoms with van der Waals surface area (Å²) in [5.74, 6) is -1.21. The molecule has 0 saturated carbocycles. The third-order valence-corrected chi connectivity index (χ3v) is 6.70. The molecule has 34 heavy (non-hydrogen) atoms. The number of anilines is 2. The zero-order chi connectivity index (χ0) is 24.2. The molecule has 2 amide bonds. The number of piperidine rings is 1. The molecule has 1 aliphatic heterocycles. The number of aromatic nitrogens is 3. The number of amides is 2. The maximum atomic E-state index is 13.0. The first-order valence-corrected chi connectivity index (χ1v) is 11.5. The quantitative estimate of drug-likeness (QED) is 0.499. The zero-order valence-corrected chi connectivity index (χ0v) is 19.6. The number of hydrogen-bond donors (Lipinski definition) is 2. The average Bonchev–Trinajstić information content (AvgIpc) is 3.30. The van der Waals surface area contributed by atoms with Crippen molar-refractivity contribution in [2.24, 2.45) is 5.92 Å². The van der Waals surface area contributed by atoms with Crippen LogP contribution in [0.2, 0.25) is 0 Å². The molecule has 1 saturated heterocycles. The van der Waals surface area contributed by atoms with Gasteiger partial charge in [0.15, 0.2) is 10.8 Å². The minimum absolute atomic E-state index is 0.00826. The summed E-state index contributed by atoms with van der Waals surface area (Å²) < 4.78 is 6.27. The molecule has 3 heterocycles. The number of nitrogens with zero attached hydrogens (tertiary/aromatic N) is 4. The van der Waals surface area contributed by atoms with Crippen LogP contribution < -0.4 is 21.1 Å². The summed E-state index contributed by atoms with van der Waals surface area (Å²) in [5.41, 5.74) is 0.421. The zero-order valence-electron chi connectivity index (χ0n) is 18.7. The van der Waals surface area contributed by atoms with E-state index in [1.54, 1.807) is 25.2 Å². The summed E-state index contributed by atoms with van der Waals surface area (Å²) in [6.07, 6.45) is 2.93. The lowest BCUT2D eigenvalue weighted by Gasteiger charge is -2.31. The predicted molar refractivity (Wildman–Crippen MR) is 127 cm³/mol. The summed E-state index contributed by atoms with van der Waals surface area (Å²) >= 11 is 1.20. The minimum atomic E-state index is -0.579.